The van der Waals surface area contributed by atoms with Crippen molar-refractivity contribution in [2.24, 2.45) is 0 Å². The topological polar surface area (TPSA) is 38.1 Å². The highest BCUT2D eigenvalue weighted by atomic mass is 19.1. The average Bonchev–Trinajstić information content (AvgIpc) is 3.21. The molecule has 5 heteroatoms. The van der Waals surface area contributed by atoms with Gasteiger partial charge in [0, 0.05) is 31.6 Å². The van der Waals surface area contributed by atoms with Crippen LogP contribution in [0.5, 0.6) is 0 Å². The van der Waals surface area contributed by atoms with Crippen molar-refractivity contribution in [2.45, 2.75) is 25.3 Å². The summed E-state index contributed by atoms with van der Waals surface area (Å²) in [6.07, 6.45) is 5.76. The Morgan fingerprint density at radius 2 is 1.73 bits per heavy atom. The third kappa shape index (κ3) is 4.72. The normalized spacial score (nSPS) is 14.9. The number of imidazole rings is 1. The van der Waals surface area contributed by atoms with Crippen molar-refractivity contribution in [2.75, 3.05) is 13.1 Å². The number of benzene rings is 3. The first kappa shape index (κ1) is 21.1. The van der Waals surface area contributed by atoms with Crippen molar-refractivity contribution in [1.29, 1.82) is 0 Å². The zero-order chi connectivity index (χ0) is 22.6. The second-order valence-electron chi connectivity index (χ2n) is 8.49. The molecule has 0 saturated carbocycles. The van der Waals surface area contributed by atoms with Crippen LogP contribution in [0.4, 0.5) is 4.39 Å². The zero-order valence-electron chi connectivity index (χ0n) is 18.4. The summed E-state index contributed by atoms with van der Waals surface area (Å²) in [6.45, 7) is 1.38. The highest BCUT2D eigenvalue weighted by Gasteiger charge is 2.26. The van der Waals surface area contributed by atoms with Crippen molar-refractivity contribution >= 4 is 23.0 Å². The smallest absolute Gasteiger partial charge is 0.246 e. The molecule has 4 nitrogen and oxygen atoms in total. The predicted molar refractivity (Wildman–Crippen MR) is 129 cm³/mol. The van der Waals surface area contributed by atoms with Gasteiger partial charge in [-0.1, -0.05) is 54.6 Å². The van der Waals surface area contributed by atoms with Crippen molar-refractivity contribution in [1.82, 2.24) is 14.5 Å². The first-order valence-electron chi connectivity index (χ1n) is 11.4. The number of halogens is 1. The van der Waals surface area contributed by atoms with Crippen LogP contribution in [0.1, 0.15) is 35.8 Å². The van der Waals surface area contributed by atoms with E-state index in [2.05, 4.69) is 47.0 Å². The molecule has 33 heavy (non-hydrogen) atoms. The molecule has 1 aromatic heterocycles. The predicted octanol–water partition coefficient (Wildman–Crippen LogP) is 5.64. The summed E-state index contributed by atoms with van der Waals surface area (Å²) in [6, 6.07) is 25.3. The van der Waals surface area contributed by atoms with Crippen LogP contribution >= 0.6 is 0 Å². The van der Waals surface area contributed by atoms with Gasteiger partial charge in [-0.15, -0.1) is 0 Å². The number of fused-ring (bicyclic) bond motifs is 1. The third-order valence-electron chi connectivity index (χ3n) is 6.28. The molecule has 2 heterocycles. The van der Waals surface area contributed by atoms with Gasteiger partial charge in [0.25, 0.3) is 0 Å². The van der Waals surface area contributed by atoms with Crippen LogP contribution in [0, 0.1) is 5.82 Å². The van der Waals surface area contributed by atoms with Gasteiger partial charge in [-0.2, -0.15) is 0 Å². The minimum atomic E-state index is -0.302. The average molecular weight is 440 g/mol. The van der Waals surface area contributed by atoms with Crippen LogP contribution in [0.3, 0.4) is 0 Å². The number of likely N-dealkylation sites (tertiary alicyclic amines) is 1. The monoisotopic (exact) mass is 439 g/mol. The van der Waals surface area contributed by atoms with Crippen molar-refractivity contribution in [3.05, 3.63) is 108 Å². The molecule has 0 bridgehead atoms. The minimum Gasteiger partial charge on any atom is -0.339 e. The molecular formula is C28H26FN3O. The molecule has 3 aromatic carbocycles. The third-order valence-corrected chi connectivity index (χ3v) is 6.28. The Bertz CT molecular complexity index is 1290. The quantitative estimate of drug-likeness (QED) is 0.377. The summed E-state index contributed by atoms with van der Waals surface area (Å²) in [5, 5.41) is 0. The second-order valence-corrected chi connectivity index (χ2v) is 8.49. The largest absolute Gasteiger partial charge is 0.339 e. The number of rotatable bonds is 5. The Hall–Kier alpha value is -3.73. The van der Waals surface area contributed by atoms with Crippen molar-refractivity contribution in [3.8, 4) is 0 Å². The van der Waals surface area contributed by atoms with Gasteiger partial charge in [-0.05, 0) is 54.3 Å². The second kappa shape index (κ2) is 9.41. The molecule has 166 valence electrons. The maximum atomic E-state index is 13.4. The summed E-state index contributed by atoms with van der Waals surface area (Å²) in [5.74, 6) is 0.736. The summed E-state index contributed by atoms with van der Waals surface area (Å²) in [4.78, 5) is 19.5. The van der Waals surface area contributed by atoms with Gasteiger partial charge in [0.1, 0.15) is 11.6 Å². The van der Waals surface area contributed by atoms with Crippen LogP contribution in [0.2, 0.25) is 0 Å². The lowest BCUT2D eigenvalue weighted by Gasteiger charge is -2.33. The van der Waals surface area contributed by atoms with E-state index in [-0.39, 0.29) is 11.7 Å². The lowest BCUT2D eigenvalue weighted by Crippen LogP contribution is -2.38. The SMILES string of the molecule is O=C(/C=C/c1cccc(F)c1)N1CCC(n2c(Cc3ccccc3)nc3ccccc32)CC1. The molecule has 5 rings (SSSR count). The molecule has 1 aliphatic heterocycles. The molecular weight excluding hydrogens is 413 g/mol. The number of hydrogen-bond donors (Lipinski definition) is 0. The minimum absolute atomic E-state index is 0.0299. The molecule has 0 atom stereocenters. The molecule has 0 aliphatic carbocycles. The Labute approximate surface area is 193 Å². The molecule has 0 unspecified atom stereocenters. The Balaban J connectivity index is 1.32. The van der Waals surface area contributed by atoms with Gasteiger partial charge in [0.2, 0.25) is 5.91 Å². The molecule has 0 spiro atoms. The number of amides is 1. The van der Waals surface area contributed by atoms with Gasteiger partial charge in [0.05, 0.1) is 11.0 Å². The van der Waals surface area contributed by atoms with Crippen LogP contribution in [0.15, 0.2) is 84.9 Å². The number of carbonyl (C=O) groups is 1. The standard InChI is InChI=1S/C28H26FN3O/c29-23-10-6-9-22(19-23)13-14-28(33)31-17-15-24(16-18-31)32-26-12-5-4-11-25(26)30-27(32)20-21-7-2-1-3-8-21/h1-14,19,24H,15-18,20H2/b14-13+. The highest BCUT2D eigenvalue weighted by Crippen LogP contribution is 2.30. The summed E-state index contributed by atoms with van der Waals surface area (Å²) in [7, 11) is 0. The number of hydrogen-bond acceptors (Lipinski definition) is 2. The molecule has 0 N–H and O–H groups in total. The summed E-state index contributed by atoms with van der Waals surface area (Å²) < 4.78 is 15.8. The fraction of sp³-hybridized carbons (Fsp3) is 0.214. The lowest BCUT2D eigenvalue weighted by molar-refractivity contribution is -0.127. The van der Waals surface area contributed by atoms with E-state index in [4.69, 9.17) is 4.98 Å². The first-order valence-corrected chi connectivity index (χ1v) is 11.4. The van der Waals surface area contributed by atoms with E-state index >= 15 is 0 Å². The van der Waals surface area contributed by atoms with Crippen LogP contribution < -0.4 is 0 Å². The van der Waals surface area contributed by atoms with E-state index in [0.717, 1.165) is 36.1 Å². The van der Waals surface area contributed by atoms with Gasteiger partial charge in [-0.25, -0.2) is 9.37 Å². The molecule has 4 aromatic rings. The van der Waals surface area contributed by atoms with E-state index in [1.54, 1.807) is 24.3 Å². The van der Waals surface area contributed by atoms with E-state index in [1.165, 1.54) is 17.7 Å². The zero-order valence-corrected chi connectivity index (χ0v) is 18.4. The molecule has 1 saturated heterocycles. The maximum Gasteiger partial charge on any atom is 0.246 e. The van der Waals surface area contributed by atoms with Gasteiger partial charge < -0.3 is 9.47 Å². The Morgan fingerprint density at radius 3 is 2.52 bits per heavy atom. The first-order chi connectivity index (χ1) is 16.2. The molecule has 1 aliphatic rings. The molecule has 1 amide bonds. The number of carbonyl (C=O) groups excluding carboxylic acids is 1. The number of aromatic nitrogens is 2. The van der Waals surface area contributed by atoms with E-state index < -0.39 is 0 Å². The van der Waals surface area contributed by atoms with Crippen LogP contribution in [-0.2, 0) is 11.2 Å². The Morgan fingerprint density at radius 1 is 0.970 bits per heavy atom. The fourth-order valence-corrected chi connectivity index (χ4v) is 4.63. The van der Waals surface area contributed by atoms with Crippen LogP contribution in [0.25, 0.3) is 17.1 Å². The van der Waals surface area contributed by atoms with E-state index in [9.17, 15) is 9.18 Å². The highest BCUT2D eigenvalue weighted by molar-refractivity contribution is 5.91. The summed E-state index contributed by atoms with van der Waals surface area (Å²) >= 11 is 0. The van der Waals surface area contributed by atoms with E-state index in [0.29, 0.717) is 24.7 Å². The molecule has 0 radical (unpaired) electrons. The van der Waals surface area contributed by atoms with Crippen molar-refractivity contribution in [3.63, 3.8) is 0 Å². The Kier molecular flexibility index (Phi) is 6.03. The lowest BCUT2D eigenvalue weighted by atomic mass is 10.0. The summed E-state index contributed by atoms with van der Waals surface area (Å²) in [5.41, 5.74) is 4.09. The van der Waals surface area contributed by atoms with Gasteiger partial charge in [0.15, 0.2) is 0 Å². The number of piperidine rings is 1. The maximum absolute atomic E-state index is 13.4. The van der Waals surface area contributed by atoms with Gasteiger partial charge >= 0.3 is 0 Å². The van der Waals surface area contributed by atoms with E-state index in [1.807, 2.05) is 17.0 Å². The van der Waals surface area contributed by atoms with Crippen molar-refractivity contribution < 1.29 is 9.18 Å². The van der Waals surface area contributed by atoms with Gasteiger partial charge in [-0.3, -0.25) is 4.79 Å². The fourth-order valence-electron chi connectivity index (χ4n) is 4.63. The number of nitrogens with zero attached hydrogens (tertiary/aromatic N) is 3. The molecule has 1 fully saturated rings. The number of para-hydroxylation sites is 2. The van der Waals surface area contributed by atoms with Crippen LogP contribution in [-0.4, -0.2) is 33.4 Å².